The number of benzene rings is 1. The maximum Gasteiger partial charge on any atom is 0.251 e. The summed E-state index contributed by atoms with van der Waals surface area (Å²) in [5.41, 5.74) is 2.11. The number of rotatable bonds is 6. The molecule has 3 rings (SSSR count). The largest absolute Gasteiger partial charge is 0.349 e. The molecule has 5 heteroatoms. The monoisotopic (exact) mass is 361 g/mol. The Morgan fingerprint density at radius 1 is 1.32 bits per heavy atom. The van der Waals surface area contributed by atoms with Crippen molar-refractivity contribution >= 4 is 17.7 Å². The summed E-state index contributed by atoms with van der Waals surface area (Å²) >= 11 is 1.90. The summed E-state index contributed by atoms with van der Waals surface area (Å²) in [5.74, 6) is 1.83. The smallest absolute Gasteiger partial charge is 0.251 e. The van der Waals surface area contributed by atoms with Crippen molar-refractivity contribution < 1.29 is 4.79 Å². The van der Waals surface area contributed by atoms with Gasteiger partial charge in [0.05, 0.1) is 0 Å². The van der Waals surface area contributed by atoms with E-state index in [2.05, 4.69) is 33.9 Å². The number of hydrogen-bond acceptors (Lipinski definition) is 4. The van der Waals surface area contributed by atoms with Crippen LogP contribution in [-0.2, 0) is 0 Å². The Morgan fingerprint density at radius 2 is 2.16 bits per heavy atom. The zero-order valence-corrected chi connectivity index (χ0v) is 16.1. The molecule has 0 aromatic heterocycles. The van der Waals surface area contributed by atoms with Crippen LogP contribution in [0.4, 0.5) is 0 Å². The summed E-state index contributed by atoms with van der Waals surface area (Å²) in [4.78, 5) is 15.2. The van der Waals surface area contributed by atoms with Crippen LogP contribution in [0.2, 0.25) is 0 Å². The molecule has 1 atom stereocenters. The number of thioether (sulfide) groups is 1. The Labute approximate surface area is 156 Å². The van der Waals surface area contributed by atoms with Crippen molar-refractivity contribution in [3.05, 3.63) is 35.4 Å². The number of piperidine rings is 2. The quantitative estimate of drug-likeness (QED) is 0.818. The zero-order chi connectivity index (χ0) is 17.5. The van der Waals surface area contributed by atoms with Crippen LogP contribution in [0.5, 0.6) is 0 Å². The fourth-order valence-electron chi connectivity index (χ4n) is 3.86. The molecule has 0 aliphatic carbocycles. The second kappa shape index (κ2) is 9.60. The molecule has 0 radical (unpaired) electrons. The predicted molar refractivity (Wildman–Crippen MR) is 107 cm³/mol. The third-order valence-corrected chi connectivity index (χ3v) is 6.04. The SMILES string of the molecule is CSCCN1CCC(NC(=O)c2cccc([C@H]3CCCNC3)c2)CC1. The van der Waals surface area contributed by atoms with Crippen LogP contribution in [-0.4, -0.2) is 61.6 Å². The van der Waals surface area contributed by atoms with E-state index in [9.17, 15) is 4.79 Å². The highest BCUT2D eigenvalue weighted by molar-refractivity contribution is 7.98. The maximum absolute atomic E-state index is 12.7. The lowest BCUT2D eigenvalue weighted by molar-refractivity contribution is 0.0913. The molecular formula is C20H31N3OS. The van der Waals surface area contributed by atoms with E-state index in [1.807, 2.05) is 23.9 Å². The molecule has 0 bridgehead atoms. The molecule has 1 aromatic rings. The van der Waals surface area contributed by atoms with Gasteiger partial charge in [-0.2, -0.15) is 11.8 Å². The van der Waals surface area contributed by atoms with Gasteiger partial charge in [-0.15, -0.1) is 0 Å². The van der Waals surface area contributed by atoms with Gasteiger partial charge in [0.1, 0.15) is 0 Å². The van der Waals surface area contributed by atoms with Crippen LogP contribution in [0, 0.1) is 0 Å². The molecule has 2 N–H and O–H groups in total. The molecule has 2 heterocycles. The molecule has 2 saturated heterocycles. The second-order valence-electron chi connectivity index (χ2n) is 7.25. The van der Waals surface area contributed by atoms with Gasteiger partial charge in [0.25, 0.3) is 5.91 Å². The third-order valence-electron chi connectivity index (χ3n) is 5.45. The average Bonchev–Trinajstić information content (AvgIpc) is 2.68. The highest BCUT2D eigenvalue weighted by atomic mass is 32.2. The highest BCUT2D eigenvalue weighted by Crippen LogP contribution is 2.24. The van der Waals surface area contributed by atoms with Gasteiger partial charge in [-0.05, 0) is 62.1 Å². The Balaban J connectivity index is 1.51. The van der Waals surface area contributed by atoms with Crippen molar-refractivity contribution in [3.63, 3.8) is 0 Å². The summed E-state index contributed by atoms with van der Waals surface area (Å²) in [6, 6.07) is 8.56. The normalized spacial score (nSPS) is 22.7. The lowest BCUT2D eigenvalue weighted by atomic mass is 9.90. The molecule has 0 saturated carbocycles. The van der Waals surface area contributed by atoms with E-state index in [1.54, 1.807) is 0 Å². The van der Waals surface area contributed by atoms with E-state index in [1.165, 1.54) is 30.7 Å². The minimum Gasteiger partial charge on any atom is -0.349 e. The third kappa shape index (κ3) is 5.47. The molecule has 2 aliphatic rings. The van der Waals surface area contributed by atoms with Gasteiger partial charge in [0.15, 0.2) is 0 Å². The van der Waals surface area contributed by atoms with Crippen LogP contribution in [0.15, 0.2) is 24.3 Å². The van der Waals surface area contributed by atoms with E-state index in [0.29, 0.717) is 12.0 Å². The van der Waals surface area contributed by atoms with Crippen LogP contribution in [0.25, 0.3) is 0 Å². The molecule has 25 heavy (non-hydrogen) atoms. The Hall–Kier alpha value is -1.04. The van der Waals surface area contributed by atoms with Gasteiger partial charge in [-0.1, -0.05) is 12.1 Å². The molecule has 1 amide bonds. The van der Waals surface area contributed by atoms with Gasteiger partial charge in [0.2, 0.25) is 0 Å². The second-order valence-corrected chi connectivity index (χ2v) is 8.24. The van der Waals surface area contributed by atoms with Crippen molar-refractivity contribution in [2.24, 2.45) is 0 Å². The fourth-order valence-corrected chi connectivity index (χ4v) is 4.30. The van der Waals surface area contributed by atoms with E-state index in [-0.39, 0.29) is 5.91 Å². The topological polar surface area (TPSA) is 44.4 Å². The number of nitrogens with one attached hydrogen (secondary N) is 2. The fraction of sp³-hybridized carbons (Fsp3) is 0.650. The Morgan fingerprint density at radius 3 is 2.88 bits per heavy atom. The van der Waals surface area contributed by atoms with Crippen molar-refractivity contribution in [1.29, 1.82) is 0 Å². The lowest BCUT2D eigenvalue weighted by Crippen LogP contribution is -2.45. The number of carbonyl (C=O) groups is 1. The van der Waals surface area contributed by atoms with Gasteiger partial charge in [0, 0.05) is 43.5 Å². The summed E-state index contributed by atoms with van der Waals surface area (Å²) in [6.07, 6.45) is 6.71. The maximum atomic E-state index is 12.7. The highest BCUT2D eigenvalue weighted by Gasteiger charge is 2.21. The molecule has 1 aromatic carbocycles. The zero-order valence-electron chi connectivity index (χ0n) is 15.3. The number of nitrogens with zero attached hydrogens (tertiary/aromatic N) is 1. The van der Waals surface area contributed by atoms with Crippen molar-refractivity contribution in [3.8, 4) is 0 Å². The van der Waals surface area contributed by atoms with E-state index >= 15 is 0 Å². The molecule has 138 valence electrons. The van der Waals surface area contributed by atoms with Crippen molar-refractivity contribution in [2.75, 3.05) is 44.7 Å². The van der Waals surface area contributed by atoms with Crippen LogP contribution in [0.3, 0.4) is 0 Å². The average molecular weight is 362 g/mol. The summed E-state index contributed by atoms with van der Waals surface area (Å²) < 4.78 is 0. The Bertz CT molecular complexity index is 552. The lowest BCUT2D eigenvalue weighted by Gasteiger charge is -2.32. The molecule has 2 aliphatic heterocycles. The number of amides is 1. The summed E-state index contributed by atoms with van der Waals surface area (Å²) in [6.45, 7) is 5.50. The number of hydrogen-bond donors (Lipinski definition) is 2. The van der Waals surface area contributed by atoms with Gasteiger partial charge in [-0.25, -0.2) is 0 Å². The van der Waals surface area contributed by atoms with Crippen molar-refractivity contribution in [1.82, 2.24) is 15.5 Å². The van der Waals surface area contributed by atoms with E-state index in [4.69, 9.17) is 0 Å². The molecule has 4 nitrogen and oxygen atoms in total. The standard InChI is InChI=1S/C20H31N3OS/c1-25-13-12-23-10-7-19(8-11-23)22-20(24)17-5-2-4-16(14-17)18-6-3-9-21-15-18/h2,4-5,14,18-19,21H,3,6-13,15H2,1H3,(H,22,24)/t18-/m0/s1. The number of likely N-dealkylation sites (tertiary alicyclic amines) is 1. The first-order chi connectivity index (χ1) is 12.3. The summed E-state index contributed by atoms with van der Waals surface area (Å²) in [5, 5.41) is 6.72. The first kappa shape index (κ1) is 18.7. The van der Waals surface area contributed by atoms with Crippen molar-refractivity contribution in [2.45, 2.75) is 37.6 Å². The van der Waals surface area contributed by atoms with Gasteiger partial charge >= 0.3 is 0 Å². The van der Waals surface area contributed by atoms with E-state index in [0.717, 1.165) is 44.6 Å². The minimum absolute atomic E-state index is 0.0909. The molecule has 0 unspecified atom stereocenters. The van der Waals surface area contributed by atoms with Gasteiger partial charge in [-0.3, -0.25) is 4.79 Å². The molecular weight excluding hydrogens is 330 g/mol. The first-order valence-electron chi connectivity index (χ1n) is 9.59. The number of carbonyl (C=O) groups excluding carboxylic acids is 1. The Kier molecular flexibility index (Phi) is 7.20. The molecule has 0 spiro atoms. The van der Waals surface area contributed by atoms with Crippen LogP contribution < -0.4 is 10.6 Å². The van der Waals surface area contributed by atoms with Gasteiger partial charge < -0.3 is 15.5 Å². The van der Waals surface area contributed by atoms with Crippen LogP contribution in [0.1, 0.15) is 47.5 Å². The van der Waals surface area contributed by atoms with Crippen LogP contribution >= 0.6 is 11.8 Å². The predicted octanol–water partition coefficient (Wildman–Crippen LogP) is 2.71. The summed E-state index contributed by atoms with van der Waals surface area (Å²) in [7, 11) is 0. The minimum atomic E-state index is 0.0909. The molecule has 2 fully saturated rings. The first-order valence-corrected chi connectivity index (χ1v) is 11.0. The van der Waals surface area contributed by atoms with E-state index < -0.39 is 0 Å².